The summed E-state index contributed by atoms with van der Waals surface area (Å²) in [6, 6.07) is 0. The molecule has 0 aliphatic carbocycles. The molecule has 2 nitrogen and oxygen atoms in total. The summed E-state index contributed by atoms with van der Waals surface area (Å²) in [6.45, 7) is 4.05. The van der Waals surface area contributed by atoms with E-state index < -0.39 is 7.81 Å². The maximum atomic E-state index is 9.87. The SMILES string of the molecule is C=CC[S+](CCO)CCO.F[P-](F)(F)(F)(F)F. The van der Waals surface area contributed by atoms with Gasteiger partial charge in [0.1, 0.15) is 17.3 Å². The molecule has 0 amide bonds. The molecule has 0 saturated carbocycles. The summed E-state index contributed by atoms with van der Waals surface area (Å²) in [6.07, 6.45) is 1.84. The normalized spacial score (nSPS) is 15.6. The summed E-state index contributed by atoms with van der Waals surface area (Å²) in [7, 11) is -10.5. The molecule has 108 valence electrons. The van der Waals surface area contributed by atoms with E-state index in [9.17, 15) is 25.2 Å². The molecule has 0 fully saturated rings. The summed E-state index contributed by atoms with van der Waals surface area (Å²) >= 11 is 0. The van der Waals surface area contributed by atoms with Crippen molar-refractivity contribution in [2.75, 3.05) is 30.5 Å². The van der Waals surface area contributed by atoms with E-state index in [-0.39, 0.29) is 24.1 Å². The van der Waals surface area contributed by atoms with Gasteiger partial charge in [0.25, 0.3) is 0 Å². The van der Waals surface area contributed by atoms with Crippen molar-refractivity contribution >= 4 is 18.7 Å². The molecule has 2 N–H and O–H groups in total. The van der Waals surface area contributed by atoms with Crippen LogP contribution in [-0.2, 0) is 10.9 Å². The zero-order valence-electron chi connectivity index (χ0n) is 8.84. The standard InChI is InChI=1S/C7H15O2S.F6P/c1-2-5-10(6-3-8)7-4-9;1-7(2,3,4,5)6/h2,8-9H,1,3-7H2;/q+1;-1. The fourth-order valence-corrected chi connectivity index (χ4v) is 2.08. The fraction of sp³-hybridized carbons (Fsp3) is 0.714. The first kappa shape index (κ1) is 19.4. The summed E-state index contributed by atoms with van der Waals surface area (Å²) in [5, 5.41) is 17.2. The third kappa shape index (κ3) is 38.7. The second-order valence-electron chi connectivity index (χ2n) is 2.88. The third-order valence-electron chi connectivity index (χ3n) is 1.11. The molecular weight excluding hydrogens is 293 g/mol. The minimum atomic E-state index is -10.7. The van der Waals surface area contributed by atoms with Gasteiger partial charge in [0.2, 0.25) is 0 Å². The van der Waals surface area contributed by atoms with Crippen molar-refractivity contribution in [3.63, 3.8) is 0 Å². The summed E-state index contributed by atoms with van der Waals surface area (Å²) in [5.74, 6) is 2.51. The monoisotopic (exact) mass is 308 g/mol. The molecule has 0 aromatic carbocycles. The van der Waals surface area contributed by atoms with Crippen molar-refractivity contribution in [3.8, 4) is 0 Å². The van der Waals surface area contributed by atoms with E-state index in [1.54, 1.807) is 0 Å². The van der Waals surface area contributed by atoms with Crippen molar-refractivity contribution in [1.82, 2.24) is 0 Å². The van der Waals surface area contributed by atoms with Gasteiger partial charge in [-0.25, -0.2) is 0 Å². The topological polar surface area (TPSA) is 40.5 Å². The molecule has 0 rings (SSSR count). The first-order chi connectivity index (χ1) is 7.30. The molecule has 0 aliphatic heterocycles. The van der Waals surface area contributed by atoms with Gasteiger partial charge in [0.05, 0.1) is 13.2 Å². The molecule has 10 heteroatoms. The number of hydrogen-bond donors (Lipinski definition) is 2. The molecule has 0 heterocycles. The number of aliphatic hydroxyl groups excluding tert-OH is 2. The average molecular weight is 308 g/mol. The van der Waals surface area contributed by atoms with Crippen LogP contribution in [0.15, 0.2) is 12.7 Å². The van der Waals surface area contributed by atoms with E-state index >= 15 is 0 Å². The Morgan fingerprint density at radius 3 is 1.41 bits per heavy atom. The maximum absolute atomic E-state index is 10.7. The van der Waals surface area contributed by atoms with Crippen LogP contribution in [0.25, 0.3) is 0 Å². The second-order valence-corrected chi connectivity index (χ2v) is 7.17. The van der Waals surface area contributed by atoms with Crippen LogP contribution in [0.3, 0.4) is 0 Å². The van der Waals surface area contributed by atoms with Crippen molar-refractivity contribution in [2.24, 2.45) is 0 Å². The van der Waals surface area contributed by atoms with Gasteiger partial charge in [-0.2, -0.15) is 0 Å². The summed E-state index contributed by atoms with van der Waals surface area (Å²) < 4.78 is 59.2. The van der Waals surface area contributed by atoms with Crippen LogP contribution < -0.4 is 0 Å². The van der Waals surface area contributed by atoms with Crippen molar-refractivity contribution in [2.45, 2.75) is 0 Å². The average Bonchev–Trinajstić information content (AvgIpc) is 1.99. The van der Waals surface area contributed by atoms with E-state index in [4.69, 9.17) is 10.2 Å². The van der Waals surface area contributed by atoms with Crippen LogP contribution in [0.1, 0.15) is 0 Å². The van der Waals surface area contributed by atoms with E-state index in [0.717, 1.165) is 17.3 Å². The van der Waals surface area contributed by atoms with Gasteiger partial charge in [0, 0.05) is 0 Å². The Bertz CT molecular complexity index is 210. The Hall–Kier alpha value is 0.0200. The summed E-state index contributed by atoms with van der Waals surface area (Å²) in [5.41, 5.74) is 0. The first-order valence-electron chi connectivity index (χ1n) is 4.33. The number of aliphatic hydroxyl groups is 2. The van der Waals surface area contributed by atoms with E-state index in [2.05, 4.69) is 6.58 Å². The molecule has 0 unspecified atom stereocenters. The molecule has 0 atom stereocenters. The molecular formula is C7H15F6O2PS. The van der Waals surface area contributed by atoms with Gasteiger partial charge in [-0.15, -0.1) is 0 Å². The van der Waals surface area contributed by atoms with E-state index in [0.29, 0.717) is 0 Å². The molecule has 0 bridgehead atoms. The van der Waals surface area contributed by atoms with Gasteiger partial charge >= 0.3 is 33.0 Å². The van der Waals surface area contributed by atoms with Crippen molar-refractivity contribution in [1.29, 1.82) is 0 Å². The quantitative estimate of drug-likeness (QED) is 0.342. The Morgan fingerprint density at radius 2 is 1.24 bits per heavy atom. The Labute approximate surface area is 97.9 Å². The zero-order valence-corrected chi connectivity index (χ0v) is 10.5. The number of hydrogen-bond acceptors (Lipinski definition) is 2. The zero-order chi connectivity index (χ0) is 14.2. The minimum absolute atomic E-state index is 0.157. The van der Waals surface area contributed by atoms with Gasteiger partial charge in [0.15, 0.2) is 0 Å². The van der Waals surface area contributed by atoms with Crippen LogP contribution in [0.5, 0.6) is 0 Å². The van der Waals surface area contributed by atoms with Gasteiger partial charge in [-0.05, 0) is 17.0 Å². The van der Waals surface area contributed by atoms with Crippen molar-refractivity contribution in [3.05, 3.63) is 12.7 Å². The second kappa shape index (κ2) is 6.26. The van der Waals surface area contributed by atoms with Gasteiger partial charge in [-0.3, -0.25) is 0 Å². The molecule has 17 heavy (non-hydrogen) atoms. The Morgan fingerprint density at radius 1 is 0.941 bits per heavy atom. The van der Waals surface area contributed by atoms with E-state index in [1.807, 2.05) is 6.08 Å². The van der Waals surface area contributed by atoms with Crippen LogP contribution in [0, 0.1) is 0 Å². The van der Waals surface area contributed by atoms with Gasteiger partial charge < -0.3 is 10.2 Å². The predicted octanol–water partition coefficient (Wildman–Crippen LogP) is 3.16. The molecule has 0 aliphatic rings. The van der Waals surface area contributed by atoms with E-state index in [1.165, 1.54) is 0 Å². The summed E-state index contributed by atoms with van der Waals surface area (Å²) in [4.78, 5) is 0. The number of halogens is 6. The Kier molecular flexibility index (Phi) is 7.13. The first-order valence-corrected chi connectivity index (χ1v) is 8.09. The molecule has 0 aromatic heterocycles. The molecule has 0 aromatic rings. The van der Waals surface area contributed by atoms with Gasteiger partial charge in [-0.1, -0.05) is 6.58 Å². The molecule has 0 spiro atoms. The molecule has 0 radical (unpaired) electrons. The third-order valence-corrected chi connectivity index (χ3v) is 3.34. The van der Waals surface area contributed by atoms with Crippen LogP contribution >= 0.6 is 7.81 Å². The molecule has 0 saturated heterocycles. The van der Waals surface area contributed by atoms with Crippen LogP contribution in [-0.4, -0.2) is 40.7 Å². The predicted molar refractivity (Wildman–Crippen MR) is 59.9 cm³/mol. The fourth-order valence-electron chi connectivity index (χ4n) is 0.694. The van der Waals surface area contributed by atoms with Crippen molar-refractivity contribution < 1.29 is 35.4 Å². The van der Waals surface area contributed by atoms with Crippen LogP contribution in [0.2, 0.25) is 0 Å². The number of rotatable bonds is 6. The Balaban J connectivity index is 0. The van der Waals surface area contributed by atoms with Crippen LogP contribution in [0.4, 0.5) is 25.2 Å².